The summed E-state index contributed by atoms with van der Waals surface area (Å²) in [5.41, 5.74) is 0. The Balaban J connectivity index is 5.23. The number of hydrogen-bond donors (Lipinski definition) is 3. The van der Waals surface area contributed by atoms with Gasteiger partial charge in [0.1, 0.15) is 19.3 Å². The van der Waals surface area contributed by atoms with E-state index in [2.05, 4.69) is 48.5 Å². The zero-order valence-corrected chi connectivity index (χ0v) is 69.6. The van der Waals surface area contributed by atoms with Gasteiger partial charge in [0.2, 0.25) is 0 Å². The number of phosphoric acid groups is 2. The number of carbonyl (C=O) groups is 4. The molecule has 0 aromatic carbocycles. The lowest BCUT2D eigenvalue weighted by Crippen LogP contribution is -2.30. The summed E-state index contributed by atoms with van der Waals surface area (Å²) < 4.78 is 68.8. The van der Waals surface area contributed by atoms with Gasteiger partial charge in [0.25, 0.3) is 0 Å². The van der Waals surface area contributed by atoms with Gasteiger partial charge in [-0.25, -0.2) is 9.13 Å². The maximum Gasteiger partial charge on any atom is 0.472 e. The molecule has 0 aromatic rings. The van der Waals surface area contributed by atoms with E-state index in [1.165, 1.54) is 244 Å². The van der Waals surface area contributed by atoms with Crippen molar-refractivity contribution in [1.29, 1.82) is 0 Å². The van der Waals surface area contributed by atoms with Crippen LogP contribution in [0.1, 0.15) is 440 Å². The van der Waals surface area contributed by atoms with E-state index in [1.807, 2.05) is 0 Å². The predicted molar refractivity (Wildman–Crippen MR) is 423 cm³/mol. The molecule has 0 spiro atoms. The zero-order valence-electron chi connectivity index (χ0n) is 67.8. The van der Waals surface area contributed by atoms with E-state index in [9.17, 15) is 43.2 Å². The number of aliphatic hydroxyl groups excluding tert-OH is 1. The summed E-state index contributed by atoms with van der Waals surface area (Å²) in [6.45, 7) is 12.0. The van der Waals surface area contributed by atoms with Gasteiger partial charge in [-0.05, 0) is 43.4 Å². The van der Waals surface area contributed by atoms with Gasteiger partial charge >= 0.3 is 39.5 Å². The van der Waals surface area contributed by atoms with E-state index in [0.717, 1.165) is 108 Å². The van der Waals surface area contributed by atoms with E-state index >= 15 is 0 Å². The summed E-state index contributed by atoms with van der Waals surface area (Å²) in [5.74, 6) is 0.218. The summed E-state index contributed by atoms with van der Waals surface area (Å²) in [7, 11) is -9.92. The van der Waals surface area contributed by atoms with Crippen LogP contribution >= 0.6 is 15.6 Å². The van der Waals surface area contributed by atoms with E-state index < -0.39 is 97.5 Å². The second-order valence-electron chi connectivity index (χ2n) is 31.6. The first-order chi connectivity index (χ1) is 49.7. The van der Waals surface area contributed by atoms with Gasteiger partial charge in [-0.1, -0.05) is 389 Å². The maximum absolute atomic E-state index is 13.1. The summed E-state index contributed by atoms with van der Waals surface area (Å²) in [4.78, 5) is 73.1. The van der Waals surface area contributed by atoms with Gasteiger partial charge < -0.3 is 33.8 Å². The molecule has 612 valence electrons. The van der Waals surface area contributed by atoms with Crippen LogP contribution in [0.15, 0.2) is 0 Å². The van der Waals surface area contributed by atoms with Crippen LogP contribution in [-0.2, 0) is 65.4 Å². The molecule has 0 bridgehead atoms. The van der Waals surface area contributed by atoms with Gasteiger partial charge in [-0.15, -0.1) is 0 Å². The molecule has 5 atom stereocenters. The topological polar surface area (TPSA) is 237 Å². The van der Waals surface area contributed by atoms with Crippen LogP contribution in [0.2, 0.25) is 0 Å². The van der Waals surface area contributed by atoms with Crippen molar-refractivity contribution in [1.82, 2.24) is 0 Å². The second-order valence-corrected chi connectivity index (χ2v) is 34.6. The van der Waals surface area contributed by atoms with Crippen LogP contribution in [0.3, 0.4) is 0 Å². The summed E-state index contributed by atoms with van der Waals surface area (Å²) >= 11 is 0. The molecule has 0 heterocycles. The molecular formula is C84H164O17P2. The minimum absolute atomic E-state index is 0.107. The summed E-state index contributed by atoms with van der Waals surface area (Å²) in [5, 5.41) is 10.7. The highest BCUT2D eigenvalue weighted by atomic mass is 31.2. The first kappa shape index (κ1) is 101. The number of ether oxygens (including phenoxy) is 4. The highest BCUT2D eigenvalue weighted by Crippen LogP contribution is 2.45. The smallest absolute Gasteiger partial charge is 0.462 e. The Labute approximate surface area is 632 Å². The highest BCUT2D eigenvalue weighted by Gasteiger charge is 2.30. The average molecular weight is 1510 g/mol. The van der Waals surface area contributed by atoms with Gasteiger partial charge in [-0.2, -0.15) is 0 Å². The van der Waals surface area contributed by atoms with Gasteiger partial charge in [0.05, 0.1) is 26.4 Å². The largest absolute Gasteiger partial charge is 0.472 e. The third-order valence-electron chi connectivity index (χ3n) is 19.6. The van der Waals surface area contributed by atoms with Crippen LogP contribution in [0.5, 0.6) is 0 Å². The van der Waals surface area contributed by atoms with Gasteiger partial charge in [0, 0.05) is 25.7 Å². The SMILES string of the molecule is CCCCCCCCCCCCCCCCCC(=O)O[C@H](COC(=O)CCCCCCCCCC(C)C)COP(=O)(O)OC[C@H](O)COP(=O)(O)OC[C@@H](COC(=O)CCCCCCCCCCCCCCCCC(C)C)OC(=O)CCCCCCCCCCCCCCCCCCCCC(C)C. The molecule has 0 saturated carbocycles. The number of unbranched alkanes of at least 4 members (excludes halogenated alkanes) is 50. The number of aliphatic hydroxyl groups is 1. The lowest BCUT2D eigenvalue weighted by atomic mass is 10.0. The minimum Gasteiger partial charge on any atom is -0.462 e. The third kappa shape index (κ3) is 78.0. The molecule has 0 radical (unpaired) electrons. The maximum atomic E-state index is 13.1. The normalized spacial score (nSPS) is 13.9. The van der Waals surface area contributed by atoms with Crippen LogP contribution < -0.4 is 0 Å². The van der Waals surface area contributed by atoms with E-state index in [1.54, 1.807) is 0 Å². The molecule has 2 unspecified atom stereocenters. The highest BCUT2D eigenvalue weighted by molar-refractivity contribution is 7.47. The van der Waals surface area contributed by atoms with Crippen molar-refractivity contribution in [3.05, 3.63) is 0 Å². The molecule has 0 aliphatic rings. The fraction of sp³-hybridized carbons (Fsp3) is 0.952. The first-order valence-electron chi connectivity index (χ1n) is 43.3. The molecule has 0 rings (SSSR count). The van der Waals surface area contributed by atoms with Crippen LogP contribution in [0.4, 0.5) is 0 Å². The quantitative estimate of drug-likeness (QED) is 0.0222. The van der Waals surface area contributed by atoms with Crippen molar-refractivity contribution in [2.75, 3.05) is 39.6 Å². The van der Waals surface area contributed by atoms with Crippen LogP contribution in [-0.4, -0.2) is 96.7 Å². The molecule has 0 fully saturated rings. The Morgan fingerprint density at radius 1 is 0.262 bits per heavy atom. The predicted octanol–water partition coefficient (Wildman–Crippen LogP) is 25.3. The van der Waals surface area contributed by atoms with Crippen LogP contribution in [0, 0.1) is 17.8 Å². The average Bonchev–Trinajstić information content (AvgIpc) is 1.02. The van der Waals surface area contributed by atoms with Crippen molar-refractivity contribution < 1.29 is 80.2 Å². The zero-order chi connectivity index (χ0) is 75.8. The van der Waals surface area contributed by atoms with E-state index in [4.69, 9.17) is 37.0 Å². The summed E-state index contributed by atoms with van der Waals surface area (Å²) in [6, 6.07) is 0. The van der Waals surface area contributed by atoms with Crippen molar-refractivity contribution >= 4 is 39.5 Å². The Kier molecular flexibility index (Phi) is 72.8. The number of carbonyl (C=O) groups excluding carboxylic acids is 4. The fourth-order valence-electron chi connectivity index (χ4n) is 13.0. The lowest BCUT2D eigenvalue weighted by molar-refractivity contribution is -0.161. The first-order valence-corrected chi connectivity index (χ1v) is 46.3. The molecular weight excluding hydrogens is 1340 g/mol. The summed E-state index contributed by atoms with van der Waals surface area (Å²) in [6.07, 6.45) is 63.9. The Bertz CT molecular complexity index is 1990. The number of hydrogen-bond acceptors (Lipinski definition) is 15. The lowest BCUT2D eigenvalue weighted by Gasteiger charge is -2.21. The molecule has 19 heteroatoms. The van der Waals surface area contributed by atoms with Crippen LogP contribution in [0.25, 0.3) is 0 Å². The molecule has 0 saturated heterocycles. The van der Waals surface area contributed by atoms with Gasteiger partial charge in [-0.3, -0.25) is 37.3 Å². The number of rotatable bonds is 82. The van der Waals surface area contributed by atoms with E-state index in [-0.39, 0.29) is 25.7 Å². The standard InChI is InChI=1S/C84H164O17P2/c1-8-9-10-11-12-13-14-15-20-28-33-38-45-53-60-67-84(89)101-80(72-95-82(87)66-59-52-47-40-43-50-57-64-77(6)7)74-99-103(92,93)97-70-78(85)69-96-102(90,91)98-73-79(71-94-81(86)65-58-51-44-37-32-27-24-23-26-31-36-42-49-56-63-76(4)5)100-83(88)68-61-54-46-39-34-29-22-19-17-16-18-21-25-30-35-41-48-55-62-75(2)3/h75-80,85H,8-74H2,1-7H3,(H,90,91)(H,92,93)/t78-,79-,80-/m1/s1. The van der Waals surface area contributed by atoms with Gasteiger partial charge in [0.15, 0.2) is 12.2 Å². The molecule has 0 aliphatic carbocycles. The number of phosphoric ester groups is 2. The molecule has 0 aliphatic heterocycles. The minimum atomic E-state index is -4.96. The third-order valence-corrected chi connectivity index (χ3v) is 21.5. The molecule has 3 N–H and O–H groups in total. The van der Waals surface area contributed by atoms with E-state index in [0.29, 0.717) is 31.6 Å². The number of esters is 4. The Hall–Kier alpha value is -1.94. The Morgan fingerprint density at radius 2 is 0.447 bits per heavy atom. The van der Waals surface area contributed by atoms with Crippen molar-refractivity contribution in [3.8, 4) is 0 Å². The molecule has 0 amide bonds. The Morgan fingerprint density at radius 3 is 0.660 bits per heavy atom. The van der Waals surface area contributed by atoms with Crippen molar-refractivity contribution in [2.24, 2.45) is 17.8 Å². The van der Waals surface area contributed by atoms with Crippen molar-refractivity contribution in [3.63, 3.8) is 0 Å². The molecule has 103 heavy (non-hydrogen) atoms. The molecule has 17 nitrogen and oxygen atoms in total. The van der Waals surface area contributed by atoms with Crippen molar-refractivity contribution in [2.45, 2.75) is 458 Å². The fourth-order valence-corrected chi connectivity index (χ4v) is 14.6. The second kappa shape index (κ2) is 74.2. The monoisotopic (exact) mass is 1510 g/mol. The molecule has 0 aromatic heterocycles.